The van der Waals surface area contributed by atoms with Crippen molar-refractivity contribution in [3.05, 3.63) is 108 Å². The monoisotopic (exact) mass is 401 g/mol. The molecule has 1 amide bonds. The summed E-state index contributed by atoms with van der Waals surface area (Å²) in [6.07, 6.45) is -0.646. The van der Waals surface area contributed by atoms with E-state index in [0.29, 0.717) is 0 Å². The summed E-state index contributed by atoms with van der Waals surface area (Å²) in [5.41, 5.74) is 7.43. The Morgan fingerprint density at radius 3 is 1.47 bits per heavy atom. The molecule has 0 heterocycles. The van der Waals surface area contributed by atoms with Gasteiger partial charge in [0, 0.05) is 0 Å². The van der Waals surface area contributed by atoms with Crippen LogP contribution in [-0.2, 0) is 10.3 Å². The van der Waals surface area contributed by atoms with Gasteiger partial charge in [-0.2, -0.15) is 0 Å². The quantitative estimate of drug-likeness (QED) is 0.374. The molecule has 154 valence electrons. The highest BCUT2D eigenvalue weighted by Crippen LogP contribution is 2.40. The topological polar surface area (TPSA) is 76.7 Å². The number of alkyl carbamates (subject to hydrolysis) is 1. The Morgan fingerprint density at radius 1 is 0.767 bits per heavy atom. The fourth-order valence-corrected chi connectivity index (χ4v) is 3.35. The van der Waals surface area contributed by atoms with E-state index in [9.17, 15) is 4.79 Å². The molecule has 0 aliphatic rings. The minimum absolute atomic E-state index is 0.0270. The van der Waals surface area contributed by atoms with Crippen molar-refractivity contribution in [2.45, 2.75) is 31.9 Å². The van der Waals surface area contributed by atoms with Crippen molar-refractivity contribution in [3.8, 4) is 0 Å². The minimum atomic E-state index is -0.942. The number of amides is 1. The summed E-state index contributed by atoms with van der Waals surface area (Å²) in [4.78, 5) is 17.1. The Hall–Kier alpha value is -3.60. The van der Waals surface area contributed by atoms with Crippen LogP contribution in [0.2, 0.25) is 0 Å². The lowest BCUT2D eigenvalue weighted by atomic mass is 9.77. The van der Waals surface area contributed by atoms with Crippen LogP contribution in [0.15, 0.2) is 96.0 Å². The van der Waals surface area contributed by atoms with Gasteiger partial charge in [-0.1, -0.05) is 91.0 Å². The predicted octanol–water partition coefficient (Wildman–Crippen LogP) is 4.82. The van der Waals surface area contributed by atoms with Crippen LogP contribution in [0.3, 0.4) is 0 Å². The van der Waals surface area contributed by atoms with E-state index in [4.69, 9.17) is 15.5 Å². The highest BCUT2D eigenvalue weighted by Gasteiger charge is 2.36. The third-order valence-electron chi connectivity index (χ3n) is 4.49. The van der Waals surface area contributed by atoms with E-state index in [-0.39, 0.29) is 5.96 Å². The molecule has 5 heteroatoms. The molecule has 3 N–H and O–H groups in total. The summed E-state index contributed by atoms with van der Waals surface area (Å²) in [5, 5.41) is 2.57. The number of rotatable bonds is 4. The fourth-order valence-electron chi connectivity index (χ4n) is 3.35. The van der Waals surface area contributed by atoms with Gasteiger partial charge < -0.3 is 10.5 Å². The molecule has 3 rings (SSSR count). The first-order chi connectivity index (χ1) is 14.3. The number of nitrogens with zero attached hydrogens (tertiary/aromatic N) is 1. The molecule has 0 aliphatic heterocycles. The maximum Gasteiger partial charge on any atom is 0.414 e. The standard InChI is InChI=1S/C25H27N3O2/c1-24(2,3)30-23(29)27-22(26)28-25(19-13-7-4-8-14-19,20-15-9-5-10-16-20)21-17-11-6-12-18-21/h4-18H,1-3H3,(H3,26,27,28,29). The first-order valence-electron chi connectivity index (χ1n) is 9.83. The van der Waals surface area contributed by atoms with Gasteiger partial charge in [-0.3, -0.25) is 5.32 Å². The van der Waals surface area contributed by atoms with Gasteiger partial charge in [0.05, 0.1) is 0 Å². The Labute approximate surface area is 177 Å². The molecule has 0 aromatic heterocycles. The largest absolute Gasteiger partial charge is 0.444 e. The molecular weight excluding hydrogens is 374 g/mol. The van der Waals surface area contributed by atoms with E-state index in [2.05, 4.69) is 5.32 Å². The molecule has 0 bridgehead atoms. The molecule has 0 aliphatic carbocycles. The van der Waals surface area contributed by atoms with Crippen LogP contribution in [0.1, 0.15) is 37.5 Å². The second-order valence-electron chi connectivity index (χ2n) is 7.93. The van der Waals surface area contributed by atoms with E-state index >= 15 is 0 Å². The predicted molar refractivity (Wildman–Crippen MR) is 120 cm³/mol. The van der Waals surface area contributed by atoms with Gasteiger partial charge >= 0.3 is 6.09 Å². The van der Waals surface area contributed by atoms with Crippen molar-refractivity contribution in [2.24, 2.45) is 10.7 Å². The molecule has 0 saturated heterocycles. The zero-order valence-electron chi connectivity index (χ0n) is 17.5. The zero-order chi connectivity index (χ0) is 21.6. The minimum Gasteiger partial charge on any atom is -0.444 e. The average molecular weight is 402 g/mol. The molecular formula is C25H27N3O2. The molecule has 0 saturated carbocycles. The van der Waals surface area contributed by atoms with E-state index < -0.39 is 17.2 Å². The van der Waals surface area contributed by atoms with Crippen LogP contribution in [0, 0.1) is 0 Å². The van der Waals surface area contributed by atoms with Gasteiger partial charge in [0.1, 0.15) is 11.1 Å². The maximum absolute atomic E-state index is 12.3. The SMILES string of the molecule is CC(C)(C)OC(=O)NC(N)=NC(c1ccccc1)(c1ccccc1)c1ccccc1. The van der Waals surface area contributed by atoms with E-state index in [1.54, 1.807) is 20.8 Å². The first kappa shape index (κ1) is 21.1. The van der Waals surface area contributed by atoms with E-state index in [0.717, 1.165) is 16.7 Å². The Morgan fingerprint density at radius 2 is 1.13 bits per heavy atom. The smallest absolute Gasteiger partial charge is 0.414 e. The number of carbonyl (C=O) groups is 1. The van der Waals surface area contributed by atoms with Crippen molar-refractivity contribution in [3.63, 3.8) is 0 Å². The van der Waals surface area contributed by atoms with Gasteiger partial charge in [0.15, 0.2) is 5.96 Å². The zero-order valence-corrected chi connectivity index (χ0v) is 17.5. The van der Waals surface area contributed by atoms with Crippen LogP contribution in [-0.4, -0.2) is 17.7 Å². The summed E-state index contributed by atoms with van der Waals surface area (Å²) < 4.78 is 5.33. The molecule has 3 aromatic carbocycles. The van der Waals surface area contributed by atoms with Crippen molar-refractivity contribution in [2.75, 3.05) is 0 Å². The Bertz CT molecular complexity index is 898. The Balaban J connectivity index is 2.18. The van der Waals surface area contributed by atoms with Gasteiger partial charge in [-0.15, -0.1) is 0 Å². The maximum atomic E-state index is 12.3. The van der Waals surface area contributed by atoms with Gasteiger partial charge in [0.25, 0.3) is 0 Å². The number of hydrogen-bond acceptors (Lipinski definition) is 3. The summed E-state index contributed by atoms with van der Waals surface area (Å²) in [7, 11) is 0. The number of aliphatic imine (C=N–C) groups is 1. The molecule has 3 aromatic rings. The van der Waals surface area contributed by atoms with Crippen LogP contribution in [0.25, 0.3) is 0 Å². The molecule has 0 radical (unpaired) electrons. The highest BCUT2D eigenvalue weighted by molar-refractivity contribution is 5.93. The number of nitrogens with one attached hydrogen (secondary N) is 1. The van der Waals surface area contributed by atoms with Crippen LogP contribution in [0.5, 0.6) is 0 Å². The molecule has 0 spiro atoms. The first-order valence-corrected chi connectivity index (χ1v) is 9.83. The second-order valence-corrected chi connectivity index (χ2v) is 7.93. The summed E-state index contributed by atoms with van der Waals surface area (Å²) in [6.45, 7) is 5.38. The second kappa shape index (κ2) is 8.82. The number of benzene rings is 3. The molecule has 0 unspecified atom stereocenters. The molecule has 5 nitrogen and oxygen atoms in total. The van der Waals surface area contributed by atoms with Crippen molar-refractivity contribution < 1.29 is 9.53 Å². The summed E-state index contributed by atoms with van der Waals surface area (Å²) in [5.74, 6) is -0.0270. The fraction of sp³-hybridized carbons (Fsp3) is 0.200. The lowest BCUT2D eigenvalue weighted by molar-refractivity contribution is 0.0562. The molecule has 30 heavy (non-hydrogen) atoms. The Kier molecular flexibility index (Phi) is 6.21. The van der Waals surface area contributed by atoms with Crippen LogP contribution < -0.4 is 11.1 Å². The third kappa shape index (κ3) is 4.87. The van der Waals surface area contributed by atoms with E-state index in [1.165, 1.54) is 0 Å². The number of guanidine groups is 1. The average Bonchev–Trinajstić information content (AvgIpc) is 2.72. The van der Waals surface area contributed by atoms with Crippen molar-refractivity contribution in [1.82, 2.24) is 5.32 Å². The van der Waals surface area contributed by atoms with Gasteiger partial charge in [-0.05, 0) is 37.5 Å². The van der Waals surface area contributed by atoms with Crippen LogP contribution in [0.4, 0.5) is 4.79 Å². The molecule has 0 fully saturated rings. The molecule has 0 atom stereocenters. The normalized spacial score (nSPS) is 12.3. The highest BCUT2D eigenvalue weighted by atomic mass is 16.6. The lowest BCUT2D eigenvalue weighted by Crippen LogP contribution is -2.43. The van der Waals surface area contributed by atoms with Crippen LogP contribution >= 0.6 is 0 Å². The van der Waals surface area contributed by atoms with Gasteiger partial charge in [-0.25, -0.2) is 9.79 Å². The number of nitrogens with two attached hydrogens (primary N) is 1. The third-order valence-corrected chi connectivity index (χ3v) is 4.49. The lowest BCUT2D eigenvalue weighted by Gasteiger charge is -2.32. The van der Waals surface area contributed by atoms with E-state index in [1.807, 2.05) is 91.0 Å². The summed E-state index contributed by atoms with van der Waals surface area (Å²) >= 11 is 0. The van der Waals surface area contributed by atoms with Crippen molar-refractivity contribution in [1.29, 1.82) is 0 Å². The number of carbonyl (C=O) groups excluding carboxylic acids is 1. The summed E-state index contributed by atoms with van der Waals surface area (Å²) in [6, 6.07) is 29.7. The van der Waals surface area contributed by atoms with Crippen molar-refractivity contribution >= 4 is 12.1 Å². The van der Waals surface area contributed by atoms with Gasteiger partial charge in [0.2, 0.25) is 0 Å². The number of ether oxygens (including phenoxy) is 1. The number of hydrogen-bond donors (Lipinski definition) is 2.